The smallest absolute Gasteiger partial charge is 0.121 e. The van der Waals surface area contributed by atoms with Gasteiger partial charge in [-0.15, -0.1) is 0 Å². The molecule has 0 spiro atoms. The van der Waals surface area contributed by atoms with Crippen molar-refractivity contribution in [3.05, 3.63) is 40.9 Å². The van der Waals surface area contributed by atoms with E-state index >= 15 is 0 Å². The summed E-state index contributed by atoms with van der Waals surface area (Å²) in [6.45, 7) is 1.93. The van der Waals surface area contributed by atoms with Crippen LogP contribution in [0, 0.1) is 0 Å². The van der Waals surface area contributed by atoms with Crippen molar-refractivity contribution in [2.24, 2.45) is 0 Å². The van der Waals surface area contributed by atoms with Crippen molar-refractivity contribution in [1.29, 1.82) is 0 Å². The zero-order valence-corrected chi connectivity index (χ0v) is 7.93. The van der Waals surface area contributed by atoms with E-state index in [0.29, 0.717) is 0 Å². The molecular formula is C10H11ClO. The highest BCUT2D eigenvalue weighted by Gasteiger charge is 1.98. The van der Waals surface area contributed by atoms with Crippen LogP contribution in [-0.4, -0.2) is 7.11 Å². The minimum Gasteiger partial charge on any atom is -0.496 e. The summed E-state index contributed by atoms with van der Waals surface area (Å²) in [6.07, 6.45) is 1.91. The fraction of sp³-hybridized carbons (Fsp3) is 0.200. The van der Waals surface area contributed by atoms with Gasteiger partial charge in [0.25, 0.3) is 0 Å². The normalized spacial score (nSPS) is 11.4. The molecule has 0 heterocycles. The zero-order chi connectivity index (χ0) is 8.97. The van der Waals surface area contributed by atoms with Gasteiger partial charge < -0.3 is 4.74 Å². The molecule has 0 radical (unpaired) electrons. The number of allylic oxidation sites excluding steroid dienone is 1. The van der Waals surface area contributed by atoms with Gasteiger partial charge in [0, 0.05) is 10.6 Å². The number of hydrogen-bond acceptors (Lipinski definition) is 1. The van der Waals surface area contributed by atoms with Crippen LogP contribution in [0.4, 0.5) is 0 Å². The molecule has 0 fully saturated rings. The lowest BCUT2D eigenvalue weighted by atomic mass is 10.2. The maximum atomic E-state index is 5.82. The highest BCUT2D eigenvalue weighted by atomic mass is 35.5. The van der Waals surface area contributed by atoms with Crippen molar-refractivity contribution in [3.8, 4) is 0 Å². The monoisotopic (exact) mass is 182 g/mol. The summed E-state index contributed by atoms with van der Waals surface area (Å²) in [4.78, 5) is 0. The first-order chi connectivity index (χ1) is 5.77. The molecule has 0 N–H and O–H groups in total. The molecule has 0 atom stereocenters. The fourth-order valence-electron chi connectivity index (χ4n) is 1.04. The lowest BCUT2D eigenvalue weighted by Crippen LogP contribution is -1.85. The molecular weight excluding hydrogens is 172 g/mol. The van der Waals surface area contributed by atoms with Crippen LogP contribution in [0.1, 0.15) is 12.5 Å². The van der Waals surface area contributed by atoms with E-state index in [2.05, 4.69) is 0 Å². The SMILES string of the molecule is C/C=C(/OC)c1cccc(Cl)c1. The molecule has 1 aromatic rings. The van der Waals surface area contributed by atoms with E-state index in [1.54, 1.807) is 7.11 Å². The van der Waals surface area contributed by atoms with Crippen LogP contribution in [0.5, 0.6) is 0 Å². The number of hydrogen-bond donors (Lipinski definition) is 0. The van der Waals surface area contributed by atoms with Crippen LogP contribution in [0.2, 0.25) is 5.02 Å². The Kier molecular flexibility index (Phi) is 3.18. The van der Waals surface area contributed by atoms with E-state index in [9.17, 15) is 0 Å². The number of methoxy groups -OCH3 is 1. The maximum Gasteiger partial charge on any atom is 0.121 e. The second-order valence-electron chi connectivity index (χ2n) is 2.37. The third-order valence-electron chi connectivity index (χ3n) is 1.59. The highest BCUT2D eigenvalue weighted by Crippen LogP contribution is 2.18. The average molecular weight is 183 g/mol. The average Bonchev–Trinajstić information content (AvgIpc) is 2.07. The molecule has 0 saturated carbocycles. The first kappa shape index (κ1) is 9.14. The van der Waals surface area contributed by atoms with Gasteiger partial charge in [0.15, 0.2) is 0 Å². The first-order valence-electron chi connectivity index (χ1n) is 3.74. The van der Waals surface area contributed by atoms with Crippen LogP contribution in [0.25, 0.3) is 5.76 Å². The van der Waals surface area contributed by atoms with E-state index in [0.717, 1.165) is 16.3 Å². The van der Waals surface area contributed by atoms with Crippen molar-refractivity contribution in [2.75, 3.05) is 7.11 Å². The van der Waals surface area contributed by atoms with Crippen LogP contribution >= 0.6 is 11.6 Å². The van der Waals surface area contributed by atoms with Crippen molar-refractivity contribution < 1.29 is 4.74 Å². The molecule has 0 aliphatic rings. The van der Waals surface area contributed by atoms with Gasteiger partial charge in [-0.25, -0.2) is 0 Å². The Morgan fingerprint density at radius 1 is 1.50 bits per heavy atom. The van der Waals surface area contributed by atoms with Gasteiger partial charge in [0.05, 0.1) is 7.11 Å². The molecule has 0 amide bonds. The lowest BCUT2D eigenvalue weighted by Gasteiger charge is -2.04. The van der Waals surface area contributed by atoms with Crippen LogP contribution < -0.4 is 0 Å². The highest BCUT2D eigenvalue weighted by molar-refractivity contribution is 6.30. The van der Waals surface area contributed by atoms with Crippen molar-refractivity contribution in [2.45, 2.75) is 6.92 Å². The summed E-state index contributed by atoms with van der Waals surface area (Å²) >= 11 is 5.82. The summed E-state index contributed by atoms with van der Waals surface area (Å²) in [7, 11) is 1.65. The second kappa shape index (κ2) is 4.17. The Hall–Kier alpha value is -0.950. The molecule has 0 bridgehead atoms. The van der Waals surface area contributed by atoms with Gasteiger partial charge in [0.2, 0.25) is 0 Å². The number of rotatable bonds is 2. The fourth-order valence-corrected chi connectivity index (χ4v) is 1.23. The predicted octanol–water partition coefficient (Wildman–Crippen LogP) is 3.35. The summed E-state index contributed by atoms with van der Waals surface area (Å²) in [5.41, 5.74) is 1.01. The molecule has 0 unspecified atom stereocenters. The third kappa shape index (κ3) is 2.02. The molecule has 12 heavy (non-hydrogen) atoms. The van der Waals surface area contributed by atoms with Crippen molar-refractivity contribution in [1.82, 2.24) is 0 Å². The number of halogens is 1. The largest absolute Gasteiger partial charge is 0.496 e. The van der Waals surface area contributed by atoms with E-state index in [-0.39, 0.29) is 0 Å². The van der Waals surface area contributed by atoms with E-state index in [4.69, 9.17) is 16.3 Å². The number of benzene rings is 1. The molecule has 1 aromatic carbocycles. The minimum absolute atomic E-state index is 0.726. The van der Waals surface area contributed by atoms with Crippen molar-refractivity contribution >= 4 is 17.4 Å². The molecule has 2 heteroatoms. The summed E-state index contributed by atoms with van der Waals surface area (Å²) in [6, 6.07) is 7.58. The molecule has 64 valence electrons. The first-order valence-corrected chi connectivity index (χ1v) is 4.12. The maximum absolute atomic E-state index is 5.82. The summed E-state index contributed by atoms with van der Waals surface area (Å²) in [5.74, 6) is 0.845. The summed E-state index contributed by atoms with van der Waals surface area (Å²) in [5, 5.41) is 0.726. The predicted molar refractivity (Wildman–Crippen MR) is 52.1 cm³/mol. The third-order valence-corrected chi connectivity index (χ3v) is 1.83. The van der Waals surface area contributed by atoms with Crippen LogP contribution in [0.3, 0.4) is 0 Å². The van der Waals surface area contributed by atoms with Gasteiger partial charge in [-0.2, -0.15) is 0 Å². The lowest BCUT2D eigenvalue weighted by molar-refractivity contribution is 0.369. The van der Waals surface area contributed by atoms with Crippen LogP contribution in [-0.2, 0) is 4.74 Å². The van der Waals surface area contributed by atoms with Crippen LogP contribution in [0.15, 0.2) is 30.3 Å². The second-order valence-corrected chi connectivity index (χ2v) is 2.80. The summed E-state index contributed by atoms with van der Waals surface area (Å²) < 4.78 is 5.14. The molecule has 1 rings (SSSR count). The quantitative estimate of drug-likeness (QED) is 0.638. The molecule has 0 saturated heterocycles. The molecule has 0 aliphatic heterocycles. The Bertz CT molecular complexity index is 292. The minimum atomic E-state index is 0.726. The molecule has 1 nitrogen and oxygen atoms in total. The van der Waals surface area contributed by atoms with Gasteiger partial charge in [-0.05, 0) is 25.1 Å². The van der Waals surface area contributed by atoms with Crippen molar-refractivity contribution in [3.63, 3.8) is 0 Å². The molecule has 0 aromatic heterocycles. The van der Waals surface area contributed by atoms with Gasteiger partial charge >= 0.3 is 0 Å². The topological polar surface area (TPSA) is 9.23 Å². The van der Waals surface area contributed by atoms with E-state index in [1.807, 2.05) is 37.3 Å². The van der Waals surface area contributed by atoms with Gasteiger partial charge in [-0.1, -0.05) is 23.7 Å². The van der Waals surface area contributed by atoms with Gasteiger partial charge in [0.1, 0.15) is 5.76 Å². The number of ether oxygens (including phenoxy) is 1. The van der Waals surface area contributed by atoms with E-state index < -0.39 is 0 Å². The standard InChI is InChI=1S/C10H11ClO/c1-3-10(12-2)8-5-4-6-9(11)7-8/h3-7H,1-2H3/b10-3+. The Morgan fingerprint density at radius 2 is 2.25 bits per heavy atom. The van der Waals surface area contributed by atoms with E-state index in [1.165, 1.54) is 0 Å². The Balaban J connectivity index is 3.02. The van der Waals surface area contributed by atoms with Gasteiger partial charge in [-0.3, -0.25) is 0 Å². The Morgan fingerprint density at radius 3 is 2.75 bits per heavy atom. The Labute approximate surface area is 77.6 Å². The zero-order valence-electron chi connectivity index (χ0n) is 7.17. The molecule has 0 aliphatic carbocycles.